The number of aliphatic hydroxyl groups excluding tert-OH is 1. The molecular formula is C17H19FOS. The van der Waals surface area contributed by atoms with E-state index in [4.69, 9.17) is 0 Å². The Kier molecular flexibility index (Phi) is 5.21. The molecular weight excluding hydrogens is 271 g/mol. The van der Waals surface area contributed by atoms with Gasteiger partial charge in [0.15, 0.2) is 0 Å². The minimum absolute atomic E-state index is 0.246. The minimum Gasteiger partial charge on any atom is -0.392 e. The molecule has 0 amide bonds. The lowest BCUT2D eigenvalue weighted by Gasteiger charge is -2.13. The Balaban J connectivity index is 1.94. The largest absolute Gasteiger partial charge is 0.392 e. The fourth-order valence-corrected chi connectivity index (χ4v) is 3.04. The first-order chi connectivity index (χ1) is 9.56. The average Bonchev–Trinajstić information content (AvgIpc) is 2.42. The molecule has 0 radical (unpaired) electrons. The SMILES string of the molecule is Cc1ccc(F)cc1CC(O)CSc1ccccc1C. The van der Waals surface area contributed by atoms with Crippen molar-refractivity contribution in [3.8, 4) is 0 Å². The van der Waals surface area contributed by atoms with Crippen LogP contribution in [0, 0.1) is 19.7 Å². The quantitative estimate of drug-likeness (QED) is 0.835. The van der Waals surface area contributed by atoms with Crippen LogP contribution in [0.5, 0.6) is 0 Å². The molecule has 0 aliphatic rings. The Bertz CT molecular complexity index is 583. The summed E-state index contributed by atoms with van der Waals surface area (Å²) in [5, 5.41) is 10.1. The Morgan fingerprint density at radius 2 is 1.85 bits per heavy atom. The smallest absolute Gasteiger partial charge is 0.123 e. The van der Waals surface area contributed by atoms with Gasteiger partial charge in [0, 0.05) is 10.6 Å². The summed E-state index contributed by atoms with van der Waals surface area (Å²) in [5.41, 5.74) is 3.11. The monoisotopic (exact) mass is 290 g/mol. The van der Waals surface area contributed by atoms with Gasteiger partial charge in [-0.05, 0) is 55.2 Å². The van der Waals surface area contributed by atoms with Crippen LogP contribution in [-0.2, 0) is 6.42 Å². The van der Waals surface area contributed by atoms with Crippen LogP contribution in [0.3, 0.4) is 0 Å². The Morgan fingerprint density at radius 1 is 1.10 bits per heavy atom. The lowest BCUT2D eigenvalue weighted by Crippen LogP contribution is -2.14. The average molecular weight is 290 g/mol. The highest BCUT2D eigenvalue weighted by Gasteiger charge is 2.10. The van der Waals surface area contributed by atoms with E-state index in [0.717, 1.165) is 11.1 Å². The van der Waals surface area contributed by atoms with Crippen molar-refractivity contribution in [2.24, 2.45) is 0 Å². The number of thioether (sulfide) groups is 1. The van der Waals surface area contributed by atoms with Gasteiger partial charge in [0.1, 0.15) is 5.82 Å². The van der Waals surface area contributed by atoms with Crippen molar-refractivity contribution in [2.45, 2.75) is 31.3 Å². The zero-order chi connectivity index (χ0) is 14.5. The summed E-state index contributed by atoms with van der Waals surface area (Å²) < 4.78 is 13.2. The Hall–Kier alpha value is -1.32. The van der Waals surface area contributed by atoms with Gasteiger partial charge in [-0.15, -0.1) is 11.8 Å². The molecule has 0 heterocycles. The molecule has 0 spiro atoms. The van der Waals surface area contributed by atoms with Gasteiger partial charge in [-0.3, -0.25) is 0 Å². The number of aliphatic hydroxyl groups is 1. The van der Waals surface area contributed by atoms with Crippen molar-refractivity contribution in [3.63, 3.8) is 0 Å². The third-order valence-electron chi connectivity index (χ3n) is 3.29. The van der Waals surface area contributed by atoms with Crippen molar-refractivity contribution in [2.75, 3.05) is 5.75 Å². The summed E-state index contributed by atoms with van der Waals surface area (Å²) in [5.74, 6) is 0.366. The van der Waals surface area contributed by atoms with E-state index in [1.165, 1.54) is 22.6 Å². The molecule has 2 aromatic rings. The summed E-state index contributed by atoms with van der Waals surface area (Å²) in [4.78, 5) is 1.18. The van der Waals surface area contributed by atoms with Crippen LogP contribution in [0.4, 0.5) is 4.39 Å². The van der Waals surface area contributed by atoms with Gasteiger partial charge >= 0.3 is 0 Å². The zero-order valence-corrected chi connectivity index (χ0v) is 12.6. The highest BCUT2D eigenvalue weighted by atomic mass is 32.2. The Labute approximate surface area is 123 Å². The summed E-state index contributed by atoms with van der Waals surface area (Å²) in [7, 11) is 0. The van der Waals surface area contributed by atoms with E-state index >= 15 is 0 Å². The first-order valence-corrected chi connectivity index (χ1v) is 7.66. The van der Waals surface area contributed by atoms with E-state index in [1.807, 2.05) is 19.1 Å². The maximum atomic E-state index is 13.2. The summed E-state index contributed by atoms with van der Waals surface area (Å²) in [6, 6.07) is 12.8. The van der Waals surface area contributed by atoms with E-state index in [2.05, 4.69) is 19.1 Å². The normalized spacial score (nSPS) is 12.4. The minimum atomic E-state index is -0.472. The second kappa shape index (κ2) is 6.91. The summed E-state index contributed by atoms with van der Waals surface area (Å²) in [6.45, 7) is 4.00. The third-order valence-corrected chi connectivity index (χ3v) is 4.61. The molecule has 0 saturated carbocycles. The number of rotatable bonds is 5. The molecule has 0 aliphatic carbocycles. The molecule has 0 aromatic heterocycles. The van der Waals surface area contributed by atoms with Gasteiger partial charge in [-0.1, -0.05) is 24.3 Å². The van der Waals surface area contributed by atoms with E-state index in [1.54, 1.807) is 17.8 Å². The van der Waals surface area contributed by atoms with Crippen LogP contribution in [0.15, 0.2) is 47.4 Å². The highest BCUT2D eigenvalue weighted by molar-refractivity contribution is 7.99. The third kappa shape index (κ3) is 4.09. The first kappa shape index (κ1) is 15.1. The predicted molar refractivity (Wildman–Crippen MR) is 82.8 cm³/mol. The van der Waals surface area contributed by atoms with Crippen molar-refractivity contribution in [1.29, 1.82) is 0 Å². The van der Waals surface area contributed by atoms with Crippen molar-refractivity contribution in [3.05, 3.63) is 65.0 Å². The Morgan fingerprint density at radius 3 is 2.60 bits per heavy atom. The number of hydrogen-bond donors (Lipinski definition) is 1. The molecule has 2 rings (SSSR count). The summed E-state index contributed by atoms with van der Waals surface area (Å²) in [6.07, 6.45) is 0.0164. The highest BCUT2D eigenvalue weighted by Crippen LogP contribution is 2.23. The first-order valence-electron chi connectivity index (χ1n) is 6.68. The predicted octanol–water partition coefficient (Wildman–Crippen LogP) is 4.14. The van der Waals surface area contributed by atoms with Crippen LogP contribution < -0.4 is 0 Å². The van der Waals surface area contributed by atoms with Crippen molar-refractivity contribution >= 4 is 11.8 Å². The molecule has 20 heavy (non-hydrogen) atoms. The number of halogens is 1. The molecule has 1 nitrogen and oxygen atoms in total. The summed E-state index contributed by atoms with van der Waals surface area (Å²) >= 11 is 1.64. The van der Waals surface area contributed by atoms with Gasteiger partial charge in [0.05, 0.1) is 6.10 Å². The maximum Gasteiger partial charge on any atom is 0.123 e. The van der Waals surface area contributed by atoms with Crippen LogP contribution in [0.1, 0.15) is 16.7 Å². The molecule has 2 aromatic carbocycles. The lowest BCUT2D eigenvalue weighted by atomic mass is 10.0. The second-order valence-electron chi connectivity index (χ2n) is 5.01. The van der Waals surface area contributed by atoms with Gasteiger partial charge in [-0.25, -0.2) is 4.39 Å². The van der Waals surface area contributed by atoms with E-state index < -0.39 is 6.10 Å². The van der Waals surface area contributed by atoms with Gasteiger partial charge in [0.25, 0.3) is 0 Å². The molecule has 1 N–H and O–H groups in total. The van der Waals surface area contributed by atoms with Gasteiger partial charge < -0.3 is 5.11 Å². The number of benzene rings is 2. The molecule has 0 fully saturated rings. The van der Waals surface area contributed by atoms with Gasteiger partial charge in [0.2, 0.25) is 0 Å². The van der Waals surface area contributed by atoms with Crippen LogP contribution >= 0.6 is 11.8 Å². The van der Waals surface area contributed by atoms with E-state index in [9.17, 15) is 9.50 Å². The van der Waals surface area contributed by atoms with Gasteiger partial charge in [-0.2, -0.15) is 0 Å². The standard InChI is InChI=1S/C17H19FOS/c1-12-7-8-15(18)9-14(12)10-16(19)11-20-17-6-4-3-5-13(17)2/h3-9,16,19H,10-11H2,1-2H3. The number of hydrogen-bond acceptors (Lipinski definition) is 2. The van der Waals surface area contributed by atoms with Crippen LogP contribution in [0.25, 0.3) is 0 Å². The fraction of sp³-hybridized carbons (Fsp3) is 0.294. The zero-order valence-electron chi connectivity index (χ0n) is 11.8. The molecule has 0 bridgehead atoms. The van der Waals surface area contributed by atoms with E-state index in [0.29, 0.717) is 12.2 Å². The number of aryl methyl sites for hydroxylation is 2. The topological polar surface area (TPSA) is 20.2 Å². The maximum absolute atomic E-state index is 13.2. The molecule has 1 unspecified atom stereocenters. The van der Waals surface area contributed by atoms with E-state index in [-0.39, 0.29) is 5.82 Å². The molecule has 0 aliphatic heterocycles. The van der Waals surface area contributed by atoms with Crippen LogP contribution in [0.2, 0.25) is 0 Å². The van der Waals surface area contributed by atoms with Crippen molar-refractivity contribution < 1.29 is 9.50 Å². The van der Waals surface area contributed by atoms with Crippen molar-refractivity contribution in [1.82, 2.24) is 0 Å². The second-order valence-corrected chi connectivity index (χ2v) is 6.07. The lowest BCUT2D eigenvalue weighted by molar-refractivity contribution is 0.200. The molecule has 106 valence electrons. The molecule has 1 atom stereocenters. The fourth-order valence-electron chi connectivity index (χ4n) is 2.08. The molecule has 0 saturated heterocycles. The van der Waals surface area contributed by atoms with Crippen LogP contribution in [-0.4, -0.2) is 17.0 Å². The molecule has 3 heteroatoms.